The number of aromatic amines is 1. The molecule has 0 radical (unpaired) electrons. The number of hydrogen-bond acceptors (Lipinski definition) is 3. The van der Waals surface area contributed by atoms with E-state index in [9.17, 15) is 4.39 Å². The number of H-pyrrole nitrogens is 1. The van der Waals surface area contributed by atoms with Crippen molar-refractivity contribution in [3.05, 3.63) is 47.8 Å². The van der Waals surface area contributed by atoms with Gasteiger partial charge in [-0.2, -0.15) is 5.10 Å². The molecule has 19 heavy (non-hydrogen) atoms. The molecule has 1 aromatic carbocycles. The van der Waals surface area contributed by atoms with Crippen LogP contribution in [0.1, 0.15) is 24.7 Å². The number of rotatable bonds is 7. The zero-order chi connectivity index (χ0) is 13.5. The Bertz CT molecular complexity index is 484. The van der Waals surface area contributed by atoms with Gasteiger partial charge in [-0.05, 0) is 44.0 Å². The van der Waals surface area contributed by atoms with E-state index in [0.717, 1.165) is 37.2 Å². The van der Waals surface area contributed by atoms with Gasteiger partial charge in [0, 0.05) is 12.5 Å². The summed E-state index contributed by atoms with van der Waals surface area (Å²) in [6.45, 7) is 3.02. The molecule has 0 saturated heterocycles. The normalized spacial score (nSPS) is 12.5. The number of halogens is 1. The maximum Gasteiger partial charge on any atom is 0.137 e. The summed E-state index contributed by atoms with van der Waals surface area (Å²) in [5.74, 6) is 0.745. The molecule has 1 atom stereocenters. The van der Waals surface area contributed by atoms with E-state index in [1.54, 1.807) is 12.1 Å². The number of nitrogens with one attached hydrogen (secondary N) is 2. The molecule has 5 heteroatoms. The van der Waals surface area contributed by atoms with Gasteiger partial charge in [0.05, 0.1) is 0 Å². The molecule has 4 nitrogen and oxygen atoms in total. The monoisotopic (exact) mass is 262 g/mol. The molecular weight excluding hydrogens is 243 g/mol. The van der Waals surface area contributed by atoms with E-state index >= 15 is 0 Å². The van der Waals surface area contributed by atoms with Crippen LogP contribution in [0, 0.1) is 5.82 Å². The Morgan fingerprint density at radius 3 is 3.05 bits per heavy atom. The number of aryl methyl sites for hydroxylation is 1. The molecule has 0 aliphatic heterocycles. The second kappa shape index (κ2) is 6.99. The third kappa shape index (κ3) is 4.79. The molecule has 0 bridgehead atoms. The lowest BCUT2D eigenvalue weighted by molar-refractivity contribution is 0.529. The maximum atomic E-state index is 13.0. The average molecular weight is 262 g/mol. The zero-order valence-electron chi connectivity index (χ0n) is 11.1. The molecule has 2 N–H and O–H groups in total. The zero-order valence-corrected chi connectivity index (χ0v) is 11.1. The van der Waals surface area contributed by atoms with Gasteiger partial charge in [0.25, 0.3) is 0 Å². The molecule has 1 unspecified atom stereocenters. The fourth-order valence-corrected chi connectivity index (χ4v) is 2.05. The lowest BCUT2D eigenvalue weighted by Crippen LogP contribution is -2.29. The Kier molecular flexibility index (Phi) is 5.03. The molecule has 2 rings (SSSR count). The predicted octanol–water partition coefficient (Wildman–Crippen LogP) is 2.10. The second-order valence-corrected chi connectivity index (χ2v) is 4.72. The van der Waals surface area contributed by atoms with Crippen molar-refractivity contribution in [2.75, 3.05) is 6.54 Å². The summed E-state index contributed by atoms with van der Waals surface area (Å²) in [4.78, 5) is 4.07. The van der Waals surface area contributed by atoms with Gasteiger partial charge in [-0.1, -0.05) is 12.1 Å². The van der Waals surface area contributed by atoms with Gasteiger partial charge in [0.15, 0.2) is 0 Å². The largest absolute Gasteiger partial charge is 0.314 e. The molecule has 102 valence electrons. The molecule has 0 fully saturated rings. The first-order chi connectivity index (χ1) is 9.24. The average Bonchev–Trinajstić information content (AvgIpc) is 2.88. The molecule has 1 heterocycles. The van der Waals surface area contributed by atoms with Crippen molar-refractivity contribution < 1.29 is 4.39 Å². The first-order valence-corrected chi connectivity index (χ1v) is 6.56. The Labute approximate surface area is 112 Å². The number of nitrogens with zero attached hydrogens (tertiary/aromatic N) is 2. The Morgan fingerprint density at radius 2 is 2.32 bits per heavy atom. The second-order valence-electron chi connectivity index (χ2n) is 4.72. The minimum absolute atomic E-state index is 0.171. The van der Waals surface area contributed by atoms with Crippen molar-refractivity contribution >= 4 is 0 Å². The van der Waals surface area contributed by atoms with Crippen molar-refractivity contribution in [3.63, 3.8) is 0 Å². The molecule has 0 spiro atoms. The number of hydrogen-bond donors (Lipinski definition) is 2. The van der Waals surface area contributed by atoms with Gasteiger partial charge < -0.3 is 5.32 Å². The minimum atomic E-state index is -0.171. The van der Waals surface area contributed by atoms with E-state index in [2.05, 4.69) is 27.4 Å². The lowest BCUT2D eigenvalue weighted by Gasteiger charge is -2.13. The first kappa shape index (κ1) is 13.7. The summed E-state index contributed by atoms with van der Waals surface area (Å²) in [6.07, 6.45) is 4.25. The maximum absolute atomic E-state index is 13.0. The van der Waals surface area contributed by atoms with Crippen LogP contribution in [0.25, 0.3) is 0 Å². The van der Waals surface area contributed by atoms with E-state index in [1.807, 2.05) is 6.07 Å². The van der Waals surface area contributed by atoms with Crippen molar-refractivity contribution in [1.29, 1.82) is 0 Å². The quantitative estimate of drug-likeness (QED) is 0.751. The molecule has 0 aliphatic carbocycles. The SMILES string of the molecule is CC(Cc1cccc(F)c1)NCCCc1ncn[nH]1. The van der Waals surface area contributed by atoms with Crippen LogP contribution in [-0.2, 0) is 12.8 Å². The highest BCUT2D eigenvalue weighted by molar-refractivity contribution is 5.17. The van der Waals surface area contributed by atoms with E-state index in [-0.39, 0.29) is 5.82 Å². The lowest BCUT2D eigenvalue weighted by atomic mass is 10.1. The fourth-order valence-electron chi connectivity index (χ4n) is 2.05. The highest BCUT2D eigenvalue weighted by Crippen LogP contribution is 2.06. The summed E-state index contributed by atoms with van der Waals surface area (Å²) in [5, 5.41) is 10.1. The summed E-state index contributed by atoms with van der Waals surface area (Å²) in [7, 11) is 0. The summed E-state index contributed by atoms with van der Waals surface area (Å²) < 4.78 is 13.0. The Hall–Kier alpha value is -1.75. The van der Waals surface area contributed by atoms with E-state index in [0.29, 0.717) is 6.04 Å². The van der Waals surface area contributed by atoms with E-state index < -0.39 is 0 Å². The van der Waals surface area contributed by atoms with Crippen LogP contribution < -0.4 is 5.32 Å². The van der Waals surface area contributed by atoms with Crippen molar-refractivity contribution in [2.45, 2.75) is 32.2 Å². The minimum Gasteiger partial charge on any atom is -0.314 e. The standard InChI is InChI=1S/C14H19FN4/c1-11(8-12-4-2-5-13(15)9-12)16-7-3-6-14-17-10-18-19-14/h2,4-5,9-11,16H,3,6-8H2,1H3,(H,17,18,19). The molecule has 0 amide bonds. The highest BCUT2D eigenvalue weighted by atomic mass is 19.1. The van der Waals surface area contributed by atoms with Crippen molar-refractivity contribution in [3.8, 4) is 0 Å². The summed E-state index contributed by atoms with van der Waals surface area (Å²) in [5.41, 5.74) is 1.02. The first-order valence-electron chi connectivity index (χ1n) is 6.56. The van der Waals surface area contributed by atoms with Crippen LogP contribution in [0.5, 0.6) is 0 Å². The topological polar surface area (TPSA) is 53.6 Å². The van der Waals surface area contributed by atoms with Gasteiger partial charge in [0.1, 0.15) is 18.0 Å². The van der Waals surface area contributed by atoms with Crippen LogP contribution in [0.15, 0.2) is 30.6 Å². The molecule has 0 aliphatic rings. The van der Waals surface area contributed by atoms with Crippen LogP contribution in [0.3, 0.4) is 0 Å². The smallest absolute Gasteiger partial charge is 0.137 e. The Balaban J connectivity index is 1.65. The highest BCUT2D eigenvalue weighted by Gasteiger charge is 2.04. The molecule has 1 aromatic heterocycles. The summed E-state index contributed by atoms with van der Waals surface area (Å²) in [6, 6.07) is 7.10. The van der Waals surface area contributed by atoms with Gasteiger partial charge in [-0.3, -0.25) is 5.10 Å². The van der Waals surface area contributed by atoms with Crippen LogP contribution in [-0.4, -0.2) is 27.8 Å². The van der Waals surface area contributed by atoms with Gasteiger partial charge in [-0.25, -0.2) is 9.37 Å². The van der Waals surface area contributed by atoms with Crippen molar-refractivity contribution in [1.82, 2.24) is 20.5 Å². The van der Waals surface area contributed by atoms with E-state index in [4.69, 9.17) is 0 Å². The number of benzene rings is 1. The van der Waals surface area contributed by atoms with Crippen LogP contribution in [0.4, 0.5) is 4.39 Å². The third-order valence-corrected chi connectivity index (χ3v) is 2.98. The van der Waals surface area contributed by atoms with Gasteiger partial charge in [-0.15, -0.1) is 0 Å². The molecular formula is C14H19FN4. The number of aromatic nitrogens is 3. The van der Waals surface area contributed by atoms with Crippen molar-refractivity contribution in [2.24, 2.45) is 0 Å². The predicted molar refractivity (Wildman–Crippen MR) is 72.3 cm³/mol. The van der Waals surface area contributed by atoms with E-state index in [1.165, 1.54) is 12.4 Å². The van der Waals surface area contributed by atoms with Crippen LogP contribution in [0.2, 0.25) is 0 Å². The van der Waals surface area contributed by atoms with Crippen LogP contribution >= 0.6 is 0 Å². The van der Waals surface area contributed by atoms with Gasteiger partial charge in [0.2, 0.25) is 0 Å². The Morgan fingerprint density at radius 1 is 1.42 bits per heavy atom. The molecule has 2 aromatic rings. The third-order valence-electron chi connectivity index (χ3n) is 2.98. The fraction of sp³-hybridized carbons (Fsp3) is 0.429. The summed E-state index contributed by atoms with van der Waals surface area (Å²) >= 11 is 0. The van der Waals surface area contributed by atoms with Gasteiger partial charge >= 0.3 is 0 Å². The molecule has 0 saturated carbocycles.